The highest BCUT2D eigenvalue weighted by Crippen LogP contribution is 2.23. The summed E-state index contributed by atoms with van der Waals surface area (Å²) in [4.78, 5) is 11.6. The van der Waals surface area contributed by atoms with E-state index in [1.807, 2.05) is 30.3 Å². The summed E-state index contributed by atoms with van der Waals surface area (Å²) in [6, 6.07) is 11.8. The number of nitrogens with one attached hydrogen (secondary N) is 1. The molecule has 2 rings (SSSR count). The first-order valence-corrected chi connectivity index (χ1v) is 7.49. The molecule has 1 N–H and O–H groups in total. The average Bonchev–Trinajstić information content (AvgIpc) is 2.44. The molecule has 0 saturated heterocycles. The Balaban J connectivity index is 2.11. The average molecular weight is 305 g/mol. The number of aromatic nitrogens is 1. The molecule has 4 heteroatoms. The predicted octanol–water partition coefficient (Wildman–Crippen LogP) is 3.53. The molecule has 0 radical (unpaired) electrons. The van der Waals surface area contributed by atoms with Crippen LogP contribution in [0.1, 0.15) is 31.0 Å². The molecular formula is C17H21ClN2O. The monoisotopic (exact) mass is 304 g/mol. The number of hydrogen-bond donors (Lipinski definition) is 1. The van der Waals surface area contributed by atoms with Gasteiger partial charge in [-0.15, -0.1) is 0 Å². The molecule has 0 aliphatic heterocycles. The van der Waals surface area contributed by atoms with Crippen molar-refractivity contribution in [3.63, 3.8) is 0 Å². The molecule has 0 unspecified atom stereocenters. The zero-order valence-electron chi connectivity index (χ0n) is 12.6. The molecular weight excluding hydrogens is 284 g/mol. The van der Waals surface area contributed by atoms with Crippen LogP contribution in [-0.4, -0.2) is 4.57 Å². The van der Waals surface area contributed by atoms with Gasteiger partial charge in [-0.05, 0) is 35.2 Å². The first-order chi connectivity index (χ1) is 9.97. The summed E-state index contributed by atoms with van der Waals surface area (Å²) in [5, 5.41) is 4.27. The van der Waals surface area contributed by atoms with Crippen LogP contribution >= 0.6 is 11.6 Å². The third kappa shape index (κ3) is 4.19. The summed E-state index contributed by atoms with van der Waals surface area (Å²) < 4.78 is 1.57. The molecule has 0 aliphatic rings. The topological polar surface area (TPSA) is 34.0 Å². The lowest BCUT2D eigenvalue weighted by atomic mass is 9.96. The predicted molar refractivity (Wildman–Crippen MR) is 87.6 cm³/mol. The van der Waals surface area contributed by atoms with Gasteiger partial charge in [-0.25, -0.2) is 0 Å². The number of benzene rings is 1. The first-order valence-electron chi connectivity index (χ1n) is 7.12. The van der Waals surface area contributed by atoms with E-state index >= 15 is 0 Å². The molecule has 1 heterocycles. The van der Waals surface area contributed by atoms with Gasteiger partial charge in [0.1, 0.15) is 0 Å². The fourth-order valence-electron chi connectivity index (χ4n) is 2.34. The number of rotatable bonds is 5. The van der Waals surface area contributed by atoms with Gasteiger partial charge >= 0.3 is 0 Å². The summed E-state index contributed by atoms with van der Waals surface area (Å²) in [6.07, 6.45) is 1.80. The van der Waals surface area contributed by atoms with Crippen molar-refractivity contribution in [2.24, 2.45) is 13.0 Å². The zero-order chi connectivity index (χ0) is 15.4. The van der Waals surface area contributed by atoms with Crippen molar-refractivity contribution in [3.05, 3.63) is 69.1 Å². The smallest absolute Gasteiger partial charge is 0.250 e. The second-order valence-electron chi connectivity index (χ2n) is 5.64. The van der Waals surface area contributed by atoms with E-state index in [4.69, 9.17) is 11.6 Å². The Morgan fingerprint density at radius 3 is 2.43 bits per heavy atom. The van der Waals surface area contributed by atoms with E-state index < -0.39 is 0 Å². The van der Waals surface area contributed by atoms with Crippen molar-refractivity contribution in [1.29, 1.82) is 0 Å². The minimum absolute atomic E-state index is 0.0156. The number of aryl methyl sites for hydroxylation is 1. The summed E-state index contributed by atoms with van der Waals surface area (Å²) in [5.41, 5.74) is 2.22. The molecule has 0 spiro atoms. The molecule has 0 saturated carbocycles. The number of pyridine rings is 1. The van der Waals surface area contributed by atoms with Crippen LogP contribution in [0.5, 0.6) is 0 Å². The van der Waals surface area contributed by atoms with Crippen molar-refractivity contribution in [3.8, 4) is 0 Å². The lowest BCUT2D eigenvalue weighted by molar-refractivity contribution is 0.410. The van der Waals surface area contributed by atoms with E-state index in [9.17, 15) is 4.79 Å². The largest absolute Gasteiger partial charge is 0.319 e. The Bertz CT molecular complexity index is 647. The fraction of sp³-hybridized carbons (Fsp3) is 0.353. The lowest BCUT2D eigenvalue weighted by Gasteiger charge is -2.23. The van der Waals surface area contributed by atoms with Crippen LogP contribution in [0, 0.1) is 5.92 Å². The summed E-state index contributed by atoms with van der Waals surface area (Å²) >= 11 is 5.94. The third-order valence-corrected chi connectivity index (χ3v) is 3.84. The van der Waals surface area contributed by atoms with Gasteiger partial charge in [0, 0.05) is 36.9 Å². The molecule has 0 fully saturated rings. The van der Waals surface area contributed by atoms with Crippen molar-refractivity contribution >= 4 is 11.6 Å². The van der Waals surface area contributed by atoms with Crippen LogP contribution in [-0.2, 0) is 13.6 Å². The van der Waals surface area contributed by atoms with Gasteiger partial charge in [-0.2, -0.15) is 0 Å². The minimum atomic E-state index is 0.0156. The minimum Gasteiger partial charge on any atom is -0.319 e. The van der Waals surface area contributed by atoms with Gasteiger partial charge in [-0.3, -0.25) is 4.79 Å². The first kappa shape index (κ1) is 15.8. The van der Waals surface area contributed by atoms with Gasteiger partial charge in [0.25, 0.3) is 5.56 Å². The van der Waals surface area contributed by atoms with Gasteiger partial charge in [0.05, 0.1) is 0 Å². The van der Waals surface area contributed by atoms with Gasteiger partial charge < -0.3 is 9.88 Å². The summed E-state index contributed by atoms with van der Waals surface area (Å²) in [7, 11) is 1.75. The van der Waals surface area contributed by atoms with Crippen LogP contribution in [0.4, 0.5) is 0 Å². The highest BCUT2D eigenvalue weighted by Gasteiger charge is 2.15. The van der Waals surface area contributed by atoms with Crippen LogP contribution in [0.25, 0.3) is 0 Å². The Kier molecular flexibility index (Phi) is 5.21. The highest BCUT2D eigenvalue weighted by atomic mass is 35.5. The fourth-order valence-corrected chi connectivity index (χ4v) is 2.46. The van der Waals surface area contributed by atoms with Crippen molar-refractivity contribution in [1.82, 2.24) is 9.88 Å². The highest BCUT2D eigenvalue weighted by molar-refractivity contribution is 6.30. The van der Waals surface area contributed by atoms with E-state index in [2.05, 4.69) is 19.2 Å². The van der Waals surface area contributed by atoms with E-state index in [-0.39, 0.29) is 11.6 Å². The van der Waals surface area contributed by atoms with Crippen molar-refractivity contribution < 1.29 is 0 Å². The molecule has 0 aliphatic carbocycles. The van der Waals surface area contributed by atoms with Crippen LogP contribution in [0.3, 0.4) is 0 Å². The zero-order valence-corrected chi connectivity index (χ0v) is 13.4. The molecule has 0 amide bonds. The van der Waals surface area contributed by atoms with E-state index in [0.29, 0.717) is 12.5 Å². The summed E-state index contributed by atoms with van der Waals surface area (Å²) in [6.45, 7) is 5.02. The summed E-state index contributed by atoms with van der Waals surface area (Å²) in [5.74, 6) is 0.442. The normalized spacial score (nSPS) is 12.6. The maximum absolute atomic E-state index is 11.6. The third-order valence-electron chi connectivity index (χ3n) is 3.59. The van der Waals surface area contributed by atoms with E-state index in [0.717, 1.165) is 10.6 Å². The van der Waals surface area contributed by atoms with E-state index in [1.165, 1.54) is 5.56 Å². The second-order valence-corrected chi connectivity index (χ2v) is 6.07. The van der Waals surface area contributed by atoms with Gasteiger partial charge in [0.2, 0.25) is 0 Å². The Labute approximate surface area is 130 Å². The maximum Gasteiger partial charge on any atom is 0.250 e. The van der Waals surface area contributed by atoms with Crippen molar-refractivity contribution in [2.75, 3.05) is 0 Å². The van der Waals surface area contributed by atoms with E-state index in [1.54, 1.807) is 23.9 Å². The second kappa shape index (κ2) is 6.92. The van der Waals surface area contributed by atoms with Gasteiger partial charge in [-0.1, -0.05) is 37.6 Å². The maximum atomic E-state index is 11.6. The molecule has 3 nitrogen and oxygen atoms in total. The quantitative estimate of drug-likeness (QED) is 0.917. The van der Waals surface area contributed by atoms with Crippen LogP contribution in [0.2, 0.25) is 5.02 Å². The number of hydrogen-bond acceptors (Lipinski definition) is 2. The molecule has 0 bridgehead atoms. The number of halogens is 1. The Morgan fingerprint density at radius 1 is 1.19 bits per heavy atom. The molecule has 2 aromatic rings. The SMILES string of the molecule is CC(C)[C@H](NCc1ccn(C)c(=O)c1)c1ccc(Cl)cc1. The molecule has 1 aromatic carbocycles. The molecule has 1 aromatic heterocycles. The Hall–Kier alpha value is -1.58. The van der Waals surface area contributed by atoms with Crippen LogP contribution < -0.4 is 10.9 Å². The lowest BCUT2D eigenvalue weighted by Crippen LogP contribution is -2.26. The molecule has 112 valence electrons. The molecule has 21 heavy (non-hydrogen) atoms. The Morgan fingerprint density at radius 2 is 1.86 bits per heavy atom. The molecule has 1 atom stereocenters. The number of nitrogens with zero attached hydrogens (tertiary/aromatic N) is 1. The standard InChI is InChI=1S/C17H21ClN2O/c1-12(2)17(14-4-6-15(18)7-5-14)19-11-13-8-9-20(3)16(21)10-13/h4-10,12,17,19H,11H2,1-3H3/t17-/m0/s1. The van der Waals surface area contributed by atoms with Gasteiger partial charge in [0.15, 0.2) is 0 Å². The van der Waals surface area contributed by atoms with Crippen LogP contribution in [0.15, 0.2) is 47.4 Å². The van der Waals surface area contributed by atoms with Crippen molar-refractivity contribution in [2.45, 2.75) is 26.4 Å².